The highest BCUT2D eigenvalue weighted by Gasteiger charge is 2.32. The second-order valence-corrected chi connectivity index (χ2v) is 7.04. The molecule has 1 saturated heterocycles. The van der Waals surface area contributed by atoms with E-state index in [1.807, 2.05) is 0 Å². The molecule has 0 aromatic carbocycles. The molecule has 110 valence electrons. The number of aryl methyl sites for hydroxylation is 1. The van der Waals surface area contributed by atoms with Crippen molar-refractivity contribution < 1.29 is 14.6 Å². The Hall–Kier alpha value is -1.14. The number of anilines is 1. The molecule has 0 spiro atoms. The number of carboxylic acid groups (broad SMARTS) is 1. The molecule has 6 heteroatoms. The molecule has 2 unspecified atom stereocenters. The number of nitrogens with one attached hydrogen (secondary N) is 1. The zero-order valence-electron chi connectivity index (χ0n) is 11.6. The molecule has 0 radical (unpaired) electrons. The van der Waals surface area contributed by atoms with E-state index in [9.17, 15) is 9.90 Å². The molecule has 1 aromatic rings. The van der Waals surface area contributed by atoms with Crippen molar-refractivity contribution in [3.63, 3.8) is 0 Å². The van der Waals surface area contributed by atoms with Crippen LogP contribution in [0.4, 0.5) is 5.13 Å². The second-order valence-electron chi connectivity index (χ2n) is 5.95. The fraction of sp³-hybridized carbons (Fsp3) is 0.714. The summed E-state index contributed by atoms with van der Waals surface area (Å²) >= 11 is 1.61. The summed E-state index contributed by atoms with van der Waals surface area (Å²) in [4.78, 5) is 17.0. The smallest absolute Gasteiger partial charge is 0.312 e. The molecule has 0 saturated carbocycles. The molecule has 3 rings (SSSR count). The van der Waals surface area contributed by atoms with Crippen LogP contribution in [-0.2, 0) is 16.0 Å². The van der Waals surface area contributed by atoms with Gasteiger partial charge in [-0.25, -0.2) is 4.98 Å². The Kier molecular flexibility index (Phi) is 3.69. The number of fused-ring (bicyclic) bond motifs is 1. The molecule has 0 bridgehead atoms. The van der Waals surface area contributed by atoms with Gasteiger partial charge in [0.05, 0.1) is 17.8 Å². The number of carboxylic acids is 1. The van der Waals surface area contributed by atoms with Crippen molar-refractivity contribution in [1.82, 2.24) is 4.98 Å². The molecule has 20 heavy (non-hydrogen) atoms. The summed E-state index contributed by atoms with van der Waals surface area (Å²) in [6.45, 7) is 3.65. The summed E-state index contributed by atoms with van der Waals surface area (Å²) in [6, 6.07) is 0. The minimum Gasteiger partial charge on any atom is -0.481 e. The van der Waals surface area contributed by atoms with E-state index >= 15 is 0 Å². The molecular weight excluding hydrogens is 276 g/mol. The molecule has 2 atom stereocenters. The standard InChI is InChI=1S/C14H20N2O3S/c1-14(6-3-7-19-8-14)16-13-15-11-9(12(17)18)4-2-5-10(11)20-13/h9H,2-8H2,1H3,(H,15,16)(H,17,18). The maximum atomic E-state index is 11.3. The van der Waals surface area contributed by atoms with E-state index in [0.717, 1.165) is 48.0 Å². The van der Waals surface area contributed by atoms with Gasteiger partial charge in [0, 0.05) is 11.5 Å². The third-order valence-corrected chi connectivity index (χ3v) is 5.15. The van der Waals surface area contributed by atoms with Crippen molar-refractivity contribution in [2.75, 3.05) is 18.5 Å². The van der Waals surface area contributed by atoms with Gasteiger partial charge in [0.2, 0.25) is 0 Å². The lowest BCUT2D eigenvalue weighted by Gasteiger charge is -2.34. The van der Waals surface area contributed by atoms with Gasteiger partial charge in [0.15, 0.2) is 5.13 Å². The van der Waals surface area contributed by atoms with Gasteiger partial charge < -0.3 is 15.2 Å². The largest absolute Gasteiger partial charge is 0.481 e. The summed E-state index contributed by atoms with van der Waals surface area (Å²) in [5, 5.41) is 13.6. The van der Waals surface area contributed by atoms with Crippen LogP contribution in [-0.4, -0.2) is 34.8 Å². The van der Waals surface area contributed by atoms with Crippen molar-refractivity contribution >= 4 is 22.4 Å². The topological polar surface area (TPSA) is 71.5 Å². The van der Waals surface area contributed by atoms with Crippen molar-refractivity contribution in [1.29, 1.82) is 0 Å². The van der Waals surface area contributed by atoms with E-state index in [2.05, 4.69) is 17.2 Å². The van der Waals surface area contributed by atoms with Crippen molar-refractivity contribution in [3.05, 3.63) is 10.6 Å². The lowest BCUT2D eigenvalue weighted by molar-refractivity contribution is -0.139. The Bertz CT molecular complexity index is 509. The first-order valence-corrected chi connectivity index (χ1v) is 7.97. The average molecular weight is 296 g/mol. The monoisotopic (exact) mass is 296 g/mol. The fourth-order valence-corrected chi connectivity index (χ4v) is 4.22. The molecule has 1 fully saturated rings. The van der Waals surface area contributed by atoms with Crippen LogP contribution in [0.25, 0.3) is 0 Å². The summed E-state index contributed by atoms with van der Waals surface area (Å²) in [5.74, 6) is -1.18. The van der Waals surface area contributed by atoms with E-state index in [0.29, 0.717) is 13.0 Å². The summed E-state index contributed by atoms with van der Waals surface area (Å²) < 4.78 is 5.54. The number of thiazole rings is 1. The second kappa shape index (κ2) is 5.33. The minimum atomic E-state index is -0.755. The first kappa shape index (κ1) is 13.8. The van der Waals surface area contributed by atoms with E-state index in [1.165, 1.54) is 0 Å². The van der Waals surface area contributed by atoms with Gasteiger partial charge in [-0.2, -0.15) is 0 Å². The van der Waals surface area contributed by atoms with Crippen LogP contribution in [0.15, 0.2) is 0 Å². The maximum absolute atomic E-state index is 11.3. The van der Waals surface area contributed by atoms with Crippen molar-refractivity contribution in [2.24, 2.45) is 0 Å². The molecule has 1 aliphatic carbocycles. The number of carbonyl (C=O) groups is 1. The Balaban J connectivity index is 1.80. The molecule has 1 aliphatic heterocycles. The predicted molar refractivity (Wildman–Crippen MR) is 77.5 cm³/mol. The Morgan fingerprint density at radius 1 is 1.55 bits per heavy atom. The highest BCUT2D eigenvalue weighted by molar-refractivity contribution is 7.15. The third-order valence-electron chi connectivity index (χ3n) is 4.10. The normalized spacial score (nSPS) is 29.8. The van der Waals surface area contributed by atoms with Crippen LogP contribution >= 0.6 is 11.3 Å². The number of ether oxygens (including phenoxy) is 1. The van der Waals surface area contributed by atoms with Crippen LogP contribution in [0.1, 0.15) is 49.1 Å². The first-order valence-electron chi connectivity index (χ1n) is 7.16. The molecule has 0 amide bonds. The van der Waals surface area contributed by atoms with Crippen LogP contribution in [0.5, 0.6) is 0 Å². The summed E-state index contributed by atoms with van der Waals surface area (Å²) in [6.07, 6.45) is 4.69. The zero-order chi connectivity index (χ0) is 14.2. The van der Waals surface area contributed by atoms with Crippen LogP contribution in [0.3, 0.4) is 0 Å². The van der Waals surface area contributed by atoms with E-state index in [1.54, 1.807) is 11.3 Å². The Labute approximate surface area is 122 Å². The van der Waals surface area contributed by atoms with Gasteiger partial charge in [0.25, 0.3) is 0 Å². The van der Waals surface area contributed by atoms with Crippen LogP contribution in [0.2, 0.25) is 0 Å². The van der Waals surface area contributed by atoms with Crippen molar-refractivity contribution in [2.45, 2.75) is 50.5 Å². The number of hydrogen-bond donors (Lipinski definition) is 2. The van der Waals surface area contributed by atoms with E-state index in [4.69, 9.17) is 4.74 Å². The third kappa shape index (κ3) is 2.67. The van der Waals surface area contributed by atoms with Gasteiger partial charge in [0.1, 0.15) is 5.92 Å². The summed E-state index contributed by atoms with van der Waals surface area (Å²) in [5.41, 5.74) is 0.689. The van der Waals surface area contributed by atoms with Crippen LogP contribution < -0.4 is 5.32 Å². The van der Waals surface area contributed by atoms with Gasteiger partial charge in [-0.05, 0) is 39.0 Å². The molecule has 2 N–H and O–H groups in total. The number of nitrogens with zero attached hydrogens (tertiary/aromatic N) is 1. The van der Waals surface area contributed by atoms with E-state index < -0.39 is 11.9 Å². The lowest BCUT2D eigenvalue weighted by Crippen LogP contribution is -2.43. The highest BCUT2D eigenvalue weighted by Crippen LogP contribution is 2.38. The number of rotatable bonds is 3. The molecule has 5 nitrogen and oxygen atoms in total. The van der Waals surface area contributed by atoms with Gasteiger partial charge >= 0.3 is 5.97 Å². The Morgan fingerprint density at radius 3 is 3.10 bits per heavy atom. The molecule has 2 aliphatic rings. The average Bonchev–Trinajstić information content (AvgIpc) is 2.80. The Morgan fingerprint density at radius 2 is 2.40 bits per heavy atom. The number of hydrogen-bond acceptors (Lipinski definition) is 5. The van der Waals surface area contributed by atoms with Crippen LogP contribution in [0, 0.1) is 0 Å². The first-order chi connectivity index (χ1) is 9.57. The maximum Gasteiger partial charge on any atom is 0.312 e. The summed E-state index contributed by atoms with van der Waals surface area (Å²) in [7, 11) is 0. The highest BCUT2D eigenvalue weighted by atomic mass is 32.1. The SMILES string of the molecule is CC1(Nc2nc3c(s2)CCCC3C(=O)O)CCCOC1. The molecule has 2 heterocycles. The van der Waals surface area contributed by atoms with Gasteiger partial charge in [-0.3, -0.25) is 4.79 Å². The van der Waals surface area contributed by atoms with Crippen molar-refractivity contribution in [3.8, 4) is 0 Å². The number of aliphatic carboxylic acids is 1. The molecular formula is C14H20N2O3S. The molecule has 1 aromatic heterocycles. The zero-order valence-corrected chi connectivity index (χ0v) is 12.5. The minimum absolute atomic E-state index is 0.0859. The number of aromatic nitrogens is 1. The predicted octanol–water partition coefficient (Wildman–Crippen LogP) is 2.63. The fourth-order valence-electron chi connectivity index (χ4n) is 3.00. The van der Waals surface area contributed by atoms with Gasteiger partial charge in [-0.1, -0.05) is 0 Å². The van der Waals surface area contributed by atoms with Gasteiger partial charge in [-0.15, -0.1) is 11.3 Å². The van der Waals surface area contributed by atoms with E-state index in [-0.39, 0.29) is 5.54 Å². The lowest BCUT2D eigenvalue weighted by atomic mass is 9.91. The quantitative estimate of drug-likeness (QED) is 0.897.